The van der Waals surface area contributed by atoms with E-state index < -0.39 is 5.63 Å². The van der Waals surface area contributed by atoms with Crippen molar-refractivity contribution in [3.8, 4) is 34.1 Å². The quantitative estimate of drug-likeness (QED) is 0.571. The van der Waals surface area contributed by atoms with E-state index in [0.29, 0.717) is 33.6 Å². The Morgan fingerprint density at radius 2 is 1.74 bits per heavy atom. The van der Waals surface area contributed by atoms with Crippen molar-refractivity contribution in [1.82, 2.24) is 0 Å². The minimum atomic E-state index is -0.546. The van der Waals surface area contributed by atoms with Crippen LogP contribution in [0.25, 0.3) is 22.1 Å². The first-order chi connectivity index (χ1) is 11.0. The molecule has 0 aliphatic rings. The van der Waals surface area contributed by atoms with Crippen molar-refractivity contribution in [3.05, 3.63) is 46.8 Å². The highest BCUT2D eigenvalue weighted by Gasteiger charge is 2.15. The van der Waals surface area contributed by atoms with E-state index in [1.807, 2.05) is 0 Å². The van der Waals surface area contributed by atoms with Crippen LogP contribution in [0, 0.1) is 0 Å². The Balaban J connectivity index is 2.39. The second kappa shape index (κ2) is 5.57. The van der Waals surface area contributed by atoms with Gasteiger partial charge in [0.15, 0.2) is 11.5 Å². The molecule has 3 rings (SSSR count). The molecule has 0 spiro atoms. The zero-order valence-electron chi connectivity index (χ0n) is 12.5. The fourth-order valence-electron chi connectivity index (χ4n) is 2.44. The van der Waals surface area contributed by atoms with Crippen molar-refractivity contribution < 1.29 is 24.1 Å². The Hall–Kier alpha value is -3.15. The third-order valence-electron chi connectivity index (χ3n) is 3.52. The van der Waals surface area contributed by atoms with Gasteiger partial charge in [0.05, 0.1) is 19.6 Å². The van der Waals surface area contributed by atoms with Gasteiger partial charge in [-0.2, -0.15) is 0 Å². The fraction of sp³-hybridized carbons (Fsp3) is 0.118. The minimum Gasteiger partial charge on any atom is -0.504 e. The Morgan fingerprint density at radius 1 is 0.957 bits per heavy atom. The molecule has 0 aliphatic heterocycles. The monoisotopic (exact) mass is 314 g/mol. The molecule has 6 heteroatoms. The molecule has 23 heavy (non-hydrogen) atoms. The smallest absolute Gasteiger partial charge is 0.336 e. The molecule has 2 N–H and O–H groups in total. The van der Waals surface area contributed by atoms with Crippen molar-refractivity contribution in [2.24, 2.45) is 0 Å². The van der Waals surface area contributed by atoms with Crippen LogP contribution in [-0.4, -0.2) is 24.4 Å². The molecule has 0 unspecified atom stereocenters. The minimum absolute atomic E-state index is 0.241. The number of benzene rings is 2. The number of methoxy groups -OCH3 is 2. The van der Waals surface area contributed by atoms with E-state index in [1.54, 1.807) is 18.2 Å². The average molecular weight is 314 g/mol. The maximum absolute atomic E-state index is 11.9. The summed E-state index contributed by atoms with van der Waals surface area (Å²) in [6, 6.07) is 8.87. The number of ether oxygens (including phenoxy) is 2. The lowest BCUT2D eigenvalue weighted by Gasteiger charge is -2.12. The molecule has 6 nitrogen and oxygen atoms in total. The molecule has 0 atom stereocenters. The zero-order chi connectivity index (χ0) is 16.6. The molecule has 118 valence electrons. The maximum Gasteiger partial charge on any atom is 0.336 e. The van der Waals surface area contributed by atoms with Gasteiger partial charge < -0.3 is 24.1 Å². The summed E-state index contributed by atoms with van der Waals surface area (Å²) >= 11 is 0. The Bertz CT molecular complexity index is 942. The summed E-state index contributed by atoms with van der Waals surface area (Å²) in [4.78, 5) is 11.9. The van der Waals surface area contributed by atoms with Gasteiger partial charge in [0.25, 0.3) is 0 Å². The molecule has 0 fully saturated rings. The van der Waals surface area contributed by atoms with Crippen molar-refractivity contribution in [1.29, 1.82) is 0 Å². The van der Waals surface area contributed by atoms with E-state index in [1.165, 1.54) is 32.4 Å². The van der Waals surface area contributed by atoms with Crippen molar-refractivity contribution in [2.75, 3.05) is 14.2 Å². The Morgan fingerprint density at radius 3 is 2.39 bits per heavy atom. The van der Waals surface area contributed by atoms with Gasteiger partial charge in [-0.25, -0.2) is 4.79 Å². The summed E-state index contributed by atoms with van der Waals surface area (Å²) in [5, 5.41) is 19.7. The summed E-state index contributed by atoms with van der Waals surface area (Å²) in [7, 11) is 3.00. The van der Waals surface area contributed by atoms with E-state index in [0.717, 1.165) is 0 Å². The SMILES string of the molecule is COc1cc(OC)c2c(-c3ccc(O)c(O)c3)cc(=O)oc2c1. The standard InChI is InChI=1S/C17H14O6/c1-21-10-6-14(22-2)17-11(8-16(20)23-15(17)7-10)9-3-4-12(18)13(19)5-9/h3-8,18-19H,1-2H3. The Kier molecular flexibility index (Phi) is 3.57. The first-order valence-corrected chi connectivity index (χ1v) is 6.75. The van der Waals surface area contributed by atoms with Crippen molar-refractivity contribution in [3.63, 3.8) is 0 Å². The van der Waals surface area contributed by atoms with Gasteiger partial charge in [0.2, 0.25) is 0 Å². The second-order valence-corrected chi connectivity index (χ2v) is 4.89. The first kappa shape index (κ1) is 14.8. The lowest BCUT2D eigenvalue weighted by Crippen LogP contribution is -2.00. The predicted octanol–water partition coefficient (Wildman–Crippen LogP) is 2.89. The molecule has 0 amide bonds. The average Bonchev–Trinajstić information content (AvgIpc) is 2.55. The van der Waals surface area contributed by atoms with Gasteiger partial charge >= 0.3 is 5.63 Å². The van der Waals surface area contributed by atoms with Crippen LogP contribution in [0.3, 0.4) is 0 Å². The highest BCUT2D eigenvalue weighted by Crippen LogP contribution is 2.39. The summed E-state index contributed by atoms with van der Waals surface area (Å²) in [6.07, 6.45) is 0. The van der Waals surface area contributed by atoms with Gasteiger partial charge in [0.1, 0.15) is 17.1 Å². The highest BCUT2D eigenvalue weighted by molar-refractivity contribution is 5.98. The summed E-state index contributed by atoms with van der Waals surface area (Å²) in [6.45, 7) is 0. The van der Waals surface area contributed by atoms with E-state index in [9.17, 15) is 15.0 Å². The van der Waals surface area contributed by atoms with Crippen LogP contribution in [0.5, 0.6) is 23.0 Å². The number of hydrogen-bond donors (Lipinski definition) is 2. The molecule has 3 aromatic rings. The number of phenolic OH excluding ortho intramolecular Hbond substituents is 2. The maximum atomic E-state index is 11.9. The first-order valence-electron chi connectivity index (χ1n) is 6.75. The predicted molar refractivity (Wildman–Crippen MR) is 84.4 cm³/mol. The van der Waals surface area contributed by atoms with E-state index in [2.05, 4.69) is 0 Å². The van der Waals surface area contributed by atoms with Crippen molar-refractivity contribution >= 4 is 11.0 Å². The van der Waals surface area contributed by atoms with Crippen LogP contribution >= 0.6 is 0 Å². The zero-order valence-corrected chi connectivity index (χ0v) is 12.5. The fourth-order valence-corrected chi connectivity index (χ4v) is 2.44. The molecule has 0 saturated heterocycles. The topological polar surface area (TPSA) is 89.1 Å². The lowest BCUT2D eigenvalue weighted by atomic mass is 10.0. The number of rotatable bonds is 3. The van der Waals surface area contributed by atoms with Crippen LogP contribution in [-0.2, 0) is 0 Å². The summed E-state index contributed by atoms with van der Waals surface area (Å²) in [5.41, 5.74) is 0.819. The molecule has 0 radical (unpaired) electrons. The molecule has 2 aromatic carbocycles. The third kappa shape index (κ3) is 2.55. The molecule has 0 bridgehead atoms. The lowest BCUT2D eigenvalue weighted by molar-refractivity contribution is 0.396. The number of fused-ring (bicyclic) bond motifs is 1. The molecule has 0 saturated carbocycles. The highest BCUT2D eigenvalue weighted by atomic mass is 16.5. The van der Waals surface area contributed by atoms with Crippen LogP contribution in [0.2, 0.25) is 0 Å². The largest absolute Gasteiger partial charge is 0.504 e. The van der Waals surface area contributed by atoms with E-state index >= 15 is 0 Å². The number of aromatic hydroxyl groups is 2. The van der Waals surface area contributed by atoms with Crippen LogP contribution in [0.1, 0.15) is 0 Å². The molecular weight excluding hydrogens is 300 g/mol. The van der Waals surface area contributed by atoms with Gasteiger partial charge in [0, 0.05) is 23.8 Å². The summed E-state index contributed by atoms with van der Waals surface area (Å²) in [5.74, 6) is 0.430. The number of phenols is 2. The molecule has 1 aromatic heterocycles. The number of hydrogen-bond acceptors (Lipinski definition) is 6. The second-order valence-electron chi connectivity index (χ2n) is 4.89. The van der Waals surface area contributed by atoms with E-state index in [-0.39, 0.29) is 11.5 Å². The molecular formula is C17H14O6. The Labute approximate surface area is 131 Å². The molecule has 1 heterocycles. The van der Waals surface area contributed by atoms with Gasteiger partial charge in [-0.1, -0.05) is 6.07 Å². The van der Waals surface area contributed by atoms with Gasteiger partial charge in [-0.3, -0.25) is 0 Å². The third-order valence-corrected chi connectivity index (χ3v) is 3.52. The van der Waals surface area contributed by atoms with E-state index in [4.69, 9.17) is 13.9 Å². The van der Waals surface area contributed by atoms with Crippen LogP contribution in [0.4, 0.5) is 0 Å². The normalized spacial score (nSPS) is 10.7. The van der Waals surface area contributed by atoms with Crippen LogP contribution in [0.15, 0.2) is 45.6 Å². The van der Waals surface area contributed by atoms with Gasteiger partial charge in [-0.05, 0) is 17.7 Å². The van der Waals surface area contributed by atoms with Crippen molar-refractivity contribution in [2.45, 2.75) is 0 Å². The van der Waals surface area contributed by atoms with Gasteiger partial charge in [-0.15, -0.1) is 0 Å². The van der Waals surface area contributed by atoms with Crippen LogP contribution < -0.4 is 15.1 Å². The molecule has 0 aliphatic carbocycles. The summed E-state index contributed by atoms with van der Waals surface area (Å²) < 4.78 is 15.8.